The highest BCUT2D eigenvalue weighted by atomic mass is 16.4. The van der Waals surface area contributed by atoms with Crippen LogP contribution in [-0.4, -0.2) is 39.7 Å². The lowest BCUT2D eigenvalue weighted by Crippen LogP contribution is -2.40. The van der Waals surface area contributed by atoms with Crippen molar-refractivity contribution >= 4 is 17.8 Å². The van der Waals surface area contributed by atoms with Crippen LogP contribution in [0, 0.1) is 6.92 Å². The predicted molar refractivity (Wildman–Crippen MR) is 65.7 cm³/mol. The summed E-state index contributed by atoms with van der Waals surface area (Å²) >= 11 is 0. The molecule has 0 bridgehead atoms. The van der Waals surface area contributed by atoms with E-state index < -0.39 is 18.0 Å². The van der Waals surface area contributed by atoms with Crippen LogP contribution in [0.4, 0.5) is 5.82 Å². The maximum atomic E-state index is 11.0. The van der Waals surface area contributed by atoms with E-state index in [0.717, 1.165) is 5.56 Å². The topological polar surface area (TPSA) is 90.7 Å². The number of hydrogen-bond donors (Lipinski definition) is 2. The second-order valence-corrected chi connectivity index (χ2v) is 4.04. The maximum Gasteiger partial charge on any atom is 0.326 e. The van der Waals surface area contributed by atoms with E-state index in [1.807, 2.05) is 6.92 Å². The fourth-order valence-electron chi connectivity index (χ4n) is 1.53. The minimum Gasteiger partial charge on any atom is -0.481 e. The van der Waals surface area contributed by atoms with Crippen LogP contribution in [0.3, 0.4) is 0 Å². The summed E-state index contributed by atoms with van der Waals surface area (Å²) in [5, 5.41) is 17.7. The smallest absolute Gasteiger partial charge is 0.326 e. The maximum absolute atomic E-state index is 11.0. The zero-order chi connectivity index (χ0) is 13.7. The summed E-state index contributed by atoms with van der Waals surface area (Å²) < 4.78 is 0. The van der Waals surface area contributed by atoms with Crippen LogP contribution in [-0.2, 0) is 9.59 Å². The number of carboxylic acids is 2. The Balaban J connectivity index is 2.96. The molecule has 1 aromatic rings. The molecule has 18 heavy (non-hydrogen) atoms. The Hall–Kier alpha value is -2.11. The molecule has 1 heterocycles. The van der Waals surface area contributed by atoms with Gasteiger partial charge in [0.05, 0.1) is 6.42 Å². The van der Waals surface area contributed by atoms with Gasteiger partial charge in [-0.25, -0.2) is 9.78 Å². The van der Waals surface area contributed by atoms with Gasteiger partial charge >= 0.3 is 11.9 Å². The fraction of sp³-hybridized carbons (Fsp3) is 0.417. The van der Waals surface area contributed by atoms with Gasteiger partial charge in [-0.05, 0) is 31.5 Å². The monoisotopic (exact) mass is 252 g/mol. The van der Waals surface area contributed by atoms with Gasteiger partial charge in [-0.15, -0.1) is 0 Å². The lowest BCUT2D eigenvalue weighted by atomic mass is 10.2. The number of nitrogens with zero attached hydrogens (tertiary/aromatic N) is 2. The number of carbonyl (C=O) groups is 2. The van der Waals surface area contributed by atoms with Crippen LogP contribution in [0.1, 0.15) is 18.9 Å². The van der Waals surface area contributed by atoms with Crippen LogP contribution >= 0.6 is 0 Å². The van der Waals surface area contributed by atoms with Crippen LogP contribution in [0.15, 0.2) is 18.3 Å². The standard InChI is InChI=1S/C12H16N2O4/c1-8-3-5-13-10(7-8)14(6-4-11(15)16)9(2)12(17)18/h3,5,7,9H,4,6H2,1-2H3,(H,15,16)(H,17,18). The molecular weight excluding hydrogens is 236 g/mol. The van der Waals surface area contributed by atoms with Gasteiger partial charge in [-0.1, -0.05) is 0 Å². The molecule has 0 amide bonds. The molecule has 0 aromatic carbocycles. The SMILES string of the molecule is Cc1ccnc(N(CCC(=O)O)C(C)C(=O)O)c1. The van der Waals surface area contributed by atoms with E-state index in [4.69, 9.17) is 10.2 Å². The Morgan fingerprint density at radius 2 is 2.11 bits per heavy atom. The largest absolute Gasteiger partial charge is 0.481 e. The zero-order valence-corrected chi connectivity index (χ0v) is 10.3. The van der Waals surface area contributed by atoms with E-state index in [1.165, 1.54) is 11.8 Å². The Bertz CT molecular complexity index is 447. The van der Waals surface area contributed by atoms with Crippen molar-refractivity contribution in [2.75, 3.05) is 11.4 Å². The fourth-order valence-corrected chi connectivity index (χ4v) is 1.53. The highest BCUT2D eigenvalue weighted by Crippen LogP contribution is 2.16. The molecule has 0 aliphatic carbocycles. The molecule has 1 atom stereocenters. The van der Waals surface area contributed by atoms with Crippen molar-refractivity contribution in [2.24, 2.45) is 0 Å². The number of anilines is 1. The van der Waals surface area contributed by atoms with E-state index in [2.05, 4.69) is 4.98 Å². The third-order valence-corrected chi connectivity index (χ3v) is 2.59. The molecule has 6 heteroatoms. The Kier molecular flexibility index (Phi) is 4.65. The first-order valence-electron chi connectivity index (χ1n) is 5.55. The van der Waals surface area contributed by atoms with Gasteiger partial charge in [0.15, 0.2) is 0 Å². The van der Waals surface area contributed by atoms with Gasteiger partial charge < -0.3 is 15.1 Å². The number of rotatable bonds is 6. The minimum atomic E-state index is -1.01. The molecule has 98 valence electrons. The van der Waals surface area contributed by atoms with E-state index in [1.54, 1.807) is 18.3 Å². The van der Waals surface area contributed by atoms with Gasteiger partial charge in [0, 0.05) is 12.7 Å². The van der Waals surface area contributed by atoms with Crippen molar-refractivity contribution < 1.29 is 19.8 Å². The minimum absolute atomic E-state index is 0.110. The summed E-state index contributed by atoms with van der Waals surface area (Å²) in [7, 11) is 0. The number of aromatic nitrogens is 1. The van der Waals surface area contributed by atoms with E-state index >= 15 is 0 Å². The number of aliphatic carboxylic acids is 2. The summed E-state index contributed by atoms with van der Waals surface area (Å²) in [5.74, 6) is -1.50. The summed E-state index contributed by atoms with van der Waals surface area (Å²) in [6.07, 6.45) is 1.44. The van der Waals surface area contributed by atoms with E-state index in [-0.39, 0.29) is 13.0 Å². The van der Waals surface area contributed by atoms with E-state index in [0.29, 0.717) is 5.82 Å². The molecule has 1 aromatic heterocycles. The third kappa shape index (κ3) is 3.73. The van der Waals surface area contributed by atoms with Crippen LogP contribution in [0.5, 0.6) is 0 Å². The van der Waals surface area contributed by atoms with Gasteiger partial charge in [0.25, 0.3) is 0 Å². The second-order valence-electron chi connectivity index (χ2n) is 4.04. The first-order chi connectivity index (χ1) is 8.41. The van der Waals surface area contributed by atoms with Crippen molar-refractivity contribution in [3.05, 3.63) is 23.9 Å². The van der Waals surface area contributed by atoms with Gasteiger partial charge in [-0.3, -0.25) is 4.79 Å². The van der Waals surface area contributed by atoms with Crippen molar-refractivity contribution in [1.82, 2.24) is 4.98 Å². The normalized spacial score (nSPS) is 11.9. The van der Waals surface area contributed by atoms with Crippen LogP contribution < -0.4 is 4.90 Å². The molecule has 0 saturated heterocycles. The summed E-state index contributed by atoms with van der Waals surface area (Å²) in [6, 6.07) is 2.71. The molecule has 0 aliphatic rings. The number of hydrogen-bond acceptors (Lipinski definition) is 4. The zero-order valence-electron chi connectivity index (χ0n) is 10.3. The average molecular weight is 252 g/mol. The van der Waals surface area contributed by atoms with Crippen LogP contribution in [0.25, 0.3) is 0 Å². The lowest BCUT2D eigenvalue weighted by Gasteiger charge is -2.27. The second kappa shape index (κ2) is 6.00. The molecule has 1 rings (SSSR count). The molecule has 6 nitrogen and oxygen atoms in total. The number of aryl methyl sites for hydroxylation is 1. The van der Waals surface area contributed by atoms with Crippen molar-refractivity contribution in [3.8, 4) is 0 Å². The quantitative estimate of drug-likeness (QED) is 0.789. The molecule has 0 radical (unpaired) electrons. The van der Waals surface area contributed by atoms with Crippen molar-refractivity contribution in [2.45, 2.75) is 26.3 Å². The molecule has 0 saturated carbocycles. The molecule has 2 N–H and O–H groups in total. The van der Waals surface area contributed by atoms with E-state index in [9.17, 15) is 9.59 Å². The van der Waals surface area contributed by atoms with Crippen molar-refractivity contribution in [3.63, 3.8) is 0 Å². The molecule has 0 fully saturated rings. The lowest BCUT2D eigenvalue weighted by molar-refractivity contribution is -0.139. The Morgan fingerprint density at radius 1 is 1.44 bits per heavy atom. The first kappa shape index (κ1) is 14.0. The Morgan fingerprint density at radius 3 is 2.61 bits per heavy atom. The first-order valence-corrected chi connectivity index (χ1v) is 5.55. The average Bonchev–Trinajstić information content (AvgIpc) is 2.28. The van der Waals surface area contributed by atoms with Gasteiger partial charge in [-0.2, -0.15) is 0 Å². The molecular formula is C12H16N2O4. The van der Waals surface area contributed by atoms with Crippen molar-refractivity contribution in [1.29, 1.82) is 0 Å². The number of pyridine rings is 1. The number of carboxylic acid groups (broad SMARTS) is 2. The molecule has 0 aliphatic heterocycles. The highest BCUT2D eigenvalue weighted by molar-refractivity contribution is 5.77. The summed E-state index contributed by atoms with van der Waals surface area (Å²) in [6.45, 7) is 3.49. The summed E-state index contributed by atoms with van der Waals surface area (Å²) in [4.78, 5) is 27.2. The molecule has 0 spiro atoms. The Labute approximate surface area is 105 Å². The van der Waals surface area contributed by atoms with Gasteiger partial charge in [0.1, 0.15) is 11.9 Å². The third-order valence-electron chi connectivity index (χ3n) is 2.59. The predicted octanol–water partition coefficient (Wildman–Crippen LogP) is 1.14. The highest BCUT2D eigenvalue weighted by Gasteiger charge is 2.22. The van der Waals surface area contributed by atoms with Crippen LogP contribution in [0.2, 0.25) is 0 Å². The molecule has 1 unspecified atom stereocenters. The summed E-state index contributed by atoms with van der Waals surface area (Å²) in [5.41, 5.74) is 0.943. The van der Waals surface area contributed by atoms with Gasteiger partial charge in [0.2, 0.25) is 0 Å².